The number of allylic oxidation sites excluding steroid dienone is 2. The zero-order chi connectivity index (χ0) is 15.7. The van der Waals surface area contributed by atoms with Gasteiger partial charge >= 0.3 is 0 Å². The van der Waals surface area contributed by atoms with Crippen LogP contribution in [0.4, 0.5) is 0 Å². The van der Waals surface area contributed by atoms with Gasteiger partial charge in [-0.05, 0) is 18.9 Å². The fourth-order valence-electron chi connectivity index (χ4n) is 3.36. The second kappa shape index (κ2) is 5.83. The molecule has 5 heteroatoms. The fourth-order valence-corrected chi connectivity index (χ4v) is 3.36. The van der Waals surface area contributed by atoms with Gasteiger partial charge in [-0.1, -0.05) is 12.1 Å². The van der Waals surface area contributed by atoms with Crippen LogP contribution in [0.2, 0.25) is 0 Å². The summed E-state index contributed by atoms with van der Waals surface area (Å²) in [4.78, 5) is 24.4. The summed E-state index contributed by atoms with van der Waals surface area (Å²) in [5, 5.41) is 2.86. The second-order valence-electron chi connectivity index (χ2n) is 5.56. The van der Waals surface area contributed by atoms with Gasteiger partial charge in [0.15, 0.2) is 17.3 Å². The fraction of sp³-hybridized carbons (Fsp3) is 0.412. The standard InChI is InChI=1S/C17H19NO4/c1-21-14-8-3-5-10(17(14)22-2)11-9-15(20)18-12-6-4-7-13(19)16(11)12/h3,5,8,11H,4,6-7,9H2,1-2H3,(H,18,20)/t11-/m0/s1. The number of ketones is 1. The van der Waals surface area contributed by atoms with Crippen LogP contribution in [-0.2, 0) is 9.59 Å². The molecule has 0 saturated carbocycles. The minimum atomic E-state index is -0.262. The Morgan fingerprint density at radius 1 is 1.14 bits per heavy atom. The molecule has 0 radical (unpaired) electrons. The molecule has 1 N–H and O–H groups in total. The van der Waals surface area contributed by atoms with E-state index in [1.54, 1.807) is 14.2 Å². The minimum Gasteiger partial charge on any atom is -0.493 e. The average molecular weight is 301 g/mol. The highest BCUT2D eigenvalue weighted by atomic mass is 16.5. The molecule has 5 nitrogen and oxygen atoms in total. The van der Waals surface area contributed by atoms with Crippen LogP contribution in [0.5, 0.6) is 11.5 Å². The number of Topliss-reactive ketones (excluding diaryl/α,β-unsaturated/α-hetero) is 1. The molecular formula is C17H19NO4. The molecule has 3 rings (SSSR count). The Labute approximate surface area is 129 Å². The van der Waals surface area contributed by atoms with E-state index < -0.39 is 0 Å². The van der Waals surface area contributed by atoms with E-state index in [-0.39, 0.29) is 24.0 Å². The summed E-state index contributed by atoms with van der Waals surface area (Å²) in [5.74, 6) is 1.01. The molecule has 1 amide bonds. The van der Waals surface area contributed by atoms with Crippen LogP contribution in [0.3, 0.4) is 0 Å². The van der Waals surface area contributed by atoms with Crippen LogP contribution in [0, 0.1) is 0 Å². The number of para-hydroxylation sites is 1. The van der Waals surface area contributed by atoms with Crippen molar-refractivity contribution in [2.75, 3.05) is 14.2 Å². The molecule has 0 spiro atoms. The number of ether oxygens (including phenoxy) is 2. The van der Waals surface area contributed by atoms with E-state index in [0.29, 0.717) is 17.9 Å². The normalized spacial score (nSPS) is 21.3. The molecule has 2 aliphatic rings. The van der Waals surface area contributed by atoms with Crippen molar-refractivity contribution < 1.29 is 19.1 Å². The van der Waals surface area contributed by atoms with Crippen molar-refractivity contribution in [1.29, 1.82) is 0 Å². The summed E-state index contributed by atoms with van der Waals surface area (Å²) in [6, 6.07) is 5.57. The van der Waals surface area contributed by atoms with Crippen molar-refractivity contribution >= 4 is 11.7 Å². The molecule has 0 unspecified atom stereocenters. The number of carbonyl (C=O) groups excluding carboxylic acids is 2. The van der Waals surface area contributed by atoms with Crippen LogP contribution in [0.15, 0.2) is 29.5 Å². The smallest absolute Gasteiger partial charge is 0.225 e. The van der Waals surface area contributed by atoms with Crippen molar-refractivity contribution in [2.24, 2.45) is 0 Å². The maximum absolute atomic E-state index is 12.4. The molecule has 1 aliphatic heterocycles. The summed E-state index contributed by atoms with van der Waals surface area (Å²) in [5.41, 5.74) is 2.35. The Hall–Kier alpha value is -2.30. The lowest BCUT2D eigenvalue weighted by atomic mass is 9.77. The van der Waals surface area contributed by atoms with Gasteiger partial charge in [0.05, 0.1) is 14.2 Å². The van der Waals surface area contributed by atoms with E-state index >= 15 is 0 Å². The maximum Gasteiger partial charge on any atom is 0.225 e. The van der Waals surface area contributed by atoms with E-state index in [1.807, 2.05) is 18.2 Å². The monoisotopic (exact) mass is 301 g/mol. The second-order valence-corrected chi connectivity index (χ2v) is 5.56. The number of methoxy groups -OCH3 is 2. The predicted molar refractivity (Wildman–Crippen MR) is 80.9 cm³/mol. The zero-order valence-electron chi connectivity index (χ0n) is 12.8. The van der Waals surface area contributed by atoms with Crippen LogP contribution in [0.1, 0.15) is 37.2 Å². The molecular weight excluding hydrogens is 282 g/mol. The van der Waals surface area contributed by atoms with E-state index in [1.165, 1.54) is 0 Å². The van der Waals surface area contributed by atoms with Crippen LogP contribution in [-0.4, -0.2) is 25.9 Å². The average Bonchev–Trinajstić information content (AvgIpc) is 2.53. The molecule has 0 saturated heterocycles. The van der Waals surface area contributed by atoms with Crippen molar-refractivity contribution in [1.82, 2.24) is 5.32 Å². The third kappa shape index (κ3) is 2.36. The summed E-state index contributed by atoms with van der Waals surface area (Å²) in [7, 11) is 3.15. The lowest BCUT2D eigenvalue weighted by molar-refractivity contribution is -0.122. The Balaban J connectivity index is 2.14. The molecule has 22 heavy (non-hydrogen) atoms. The molecule has 0 aromatic heterocycles. The van der Waals surface area contributed by atoms with E-state index in [2.05, 4.69) is 5.32 Å². The predicted octanol–water partition coefficient (Wildman–Crippen LogP) is 2.31. The van der Waals surface area contributed by atoms with Gasteiger partial charge < -0.3 is 14.8 Å². The van der Waals surface area contributed by atoms with Gasteiger partial charge in [-0.2, -0.15) is 0 Å². The molecule has 116 valence electrons. The lowest BCUT2D eigenvalue weighted by Gasteiger charge is -2.32. The molecule has 1 atom stereocenters. The van der Waals surface area contributed by atoms with Gasteiger partial charge in [-0.15, -0.1) is 0 Å². The summed E-state index contributed by atoms with van der Waals surface area (Å²) in [6.07, 6.45) is 2.33. The van der Waals surface area contributed by atoms with Crippen molar-refractivity contribution in [3.63, 3.8) is 0 Å². The highest BCUT2D eigenvalue weighted by Gasteiger charge is 2.36. The minimum absolute atomic E-state index is 0.0525. The van der Waals surface area contributed by atoms with Crippen molar-refractivity contribution in [3.05, 3.63) is 35.0 Å². The SMILES string of the molecule is COc1cccc([C@@H]2CC(=O)NC3=C2C(=O)CCC3)c1OC. The van der Waals surface area contributed by atoms with Crippen LogP contribution < -0.4 is 14.8 Å². The summed E-state index contributed by atoms with van der Waals surface area (Å²) in [6.45, 7) is 0. The Kier molecular flexibility index (Phi) is 3.88. The number of rotatable bonds is 3. The number of carbonyl (C=O) groups is 2. The topological polar surface area (TPSA) is 64.6 Å². The number of amides is 1. The Bertz CT molecular complexity index is 663. The van der Waals surface area contributed by atoms with Gasteiger partial charge in [-0.3, -0.25) is 9.59 Å². The lowest BCUT2D eigenvalue weighted by Crippen LogP contribution is -2.36. The molecule has 1 aromatic carbocycles. The zero-order valence-corrected chi connectivity index (χ0v) is 12.8. The number of hydrogen-bond donors (Lipinski definition) is 1. The van der Waals surface area contributed by atoms with Crippen LogP contribution in [0.25, 0.3) is 0 Å². The first kappa shape index (κ1) is 14.6. The van der Waals surface area contributed by atoms with Gasteiger partial charge in [0.25, 0.3) is 0 Å². The first-order chi connectivity index (χ1) is 10.7. The van der Waals surface area contributed by atoms with Gasteiger partial charge in [0.2, 0.25) is 5.91 Å². The molecule has 0 fully saturated rings. The van der Waals surface area contributed by atoms with Gasteiger partial charge in [-0.25, -0.2) is 0 Å². The van der Waals surface area contributed by atoms with Crippen molar-refractivity contribution in [3.8, 4) is 11.5 Å². The highest BCUT2D eigenvalue weighted by Crippen LogP contribution is 2.44. The maximum atomic E-state index is 12.4. The number of nitrogens with one attached hydrogen (secondary N) is 1. The molecule has 1 aromatic rings. The molecule has 0 bridgehead atoms. The van der Waals surface area contributed by atoms with Crippen LogP contribution >= 0.6 is 0 Å². The Morgan fingerprint density at radius 2 is 1.95 bits per heavy atom. The van der Waals surface area contributed by atoms with E-state index in [4.69, 9.17) is 9.47 Å². The first-order valence-electron chi connectivity index (χ1n) is 7.42. The molecule has 1 aliphatic carbocycles. The first-order valence-corrected chi connectivity index (χ1v) is 7.42. The van der Waals surface area contributed by atoms with Gasteiger partial charge in [0.1, 0.15) is 0 Å². The largest absolute Gasteiger partial charge is 0.493 e. The van der Waals surface area contributed by atoms with Crippen molar-refractivity contribution in [2.45, 2.75) is 31.6 Å². The third-order valence-electron chi connectivity index (χ3n) is 4.29. The molecule has 1 heterocycles. The number of benzene rings is 1. The van der Waals surface area contributed by atoms with Gasteiger partial charge in [0, 0.05) is 35.6 Å². The summed E-state index contributed by atoms with van der Waals surface area (Å²) < 4.78 is 10.8. The highest BCUT2D eigenvalue weighted by molar-refractivity contribution is 6.01. The summed E-state index contributed by atoms with van der Waals surface area (Å²) >= 11 is 0. The number of hydrogen-bond acceptors (Lipinski definition) is 4. The Morgan fingerprint density at radius 3 is 2.68 bits per heavy atom. The third-order valence-corrected chi connectivity index (χ3v) is 4.29. The van der Waals surface area contributed by atoms with E-state index in [9.17, 15) is 9.59 Å². The quantitative estimate of drug-likeness (QED) is 0.930. The van der Waals surface area contributed by atoms with E-state index in [0.717, 1.165) is 29.7 Å².